The normalized spacial score (nSPS) is 18.2. The van der Waals surface area contributed by atoms with Gasteiger partial charge in [0.1, 0.15) is 0 Å². The van der Waals surface area contributed by atoms with Gasteiger partial charge in [-0.25, -0.2) is 0 Å². The van der Waals surface area contributed by atoms with E-state index >= 15 is 0 Å². The third-order valence-electron chi connectivity index (χ3n) is 4.29. The second kappa shape index (κ2) is 8.52. The van der Waals surface area contributed by atoms with Crippen molar-refractivity contribution >= 4 is 5.91 Å². The minimum Gasteiger partial charge on any atom is -0.356 e. The van der Waals surface area contributed by atoms with E-state index < -0.39 is 0 Å². The Balaban J connectivity index is 2.14. The van der Waals surface area contributed by atoms with Crippen LogP contribution in [0.25, 0.3) is 0 Å². The number of amides is 1. The van der Waals surface area contributed by atoms with Gasteiger partial charge in [0.05, 0.1) is 0 Å². The highest BCUT2D eigenvalue weighted by molar-refractivity contribution is 5.75. The van der Waals surface area contributed by atoms with Crippen LogP contribution in [0.3, 0.4) is 0 Å². The highest BCUT2D eigenvalue weighted by Crippen LogP contribution is 2.24. The molecule has 3 N–H and O–H groups in total. The molecule has 0 bridgehead atoms. The molecule has 0 aromatic rings. The van der Waals surface area contributed by atoms with Crippen LogP contribution in [-0.4, -0.2) is 19.0 Å². The van der Waals surface area contributed by atoms with E-state index in [0.717, 1.165) is 31.8 Å². The molecule has 0 spiro atoms. The quantitative estimate of drug-likeness (QED) is 0.699. The van der Waals surface area contributed by atoms with Crippen molar-refractivity contribution in [2.75, 3.05) is 13.1 Å². The number of carbonyl (C=O) groups excluding carboxylic acids is 1. The predicted molar refractivity (Wildman–Crippen MR) is 76.2 cm³/mol. The minimum absolute atomic E-state index is 0.226. The molecule has 1 aliphatic rings. The molecule has 1 atom stereocenters. The van der Waals surface area contributed by atoms with E-state index in [4.69, 9.17) is 5.73 Å². The van der Waals surface area contributed by atoms with E-state index in [-0.39, 0.29) is 5.91 Å². The second-order valence-electron chi connectivity index (χ2n) is 6.07. The molecule has 1 rings (SSSR count). The van der Waals surface area contributed by atoms with Crippen molar-refractivity contribution < 1.29 is 4.79 Å². The van der Waals surface area contributed by atoms with E-state index in [2.05, 4.69) is 19.2 Å². The van der Waals surface area contributed by atoms with Crippen molar-refractivity contribution in [2.24, 2.45) is 23.5 Å². The van der Waals surface area contributed by atoms with E-state index in [1.54, 1.807) is 0 Å². The van der Waals surface area contributed by atoms with Crippen molar-refractivity contribution in [1.82, 2.24) is 5.32 Å². The lowest BCUT2D eigenvalue weighted by Gasteiger charge is -2.20. The Morgan fingerprint density at radius 1 is 1.28 bits per heavy atom. The summed E-state index contributed by atoms with van der Waals surface area (Å²) in [6.45, 7) is 6.06. The van der Waals surface area contributed by atoms with Crippen molar-refractivity contribution in [3.63, 3.8) is 0 Å². The SMILES string of the molecule is CC(C)C(CCN)CCC(=O)NCC1CCCC1. The number of hydrogen-bond acceptors (Lipinski definition) is 2. The smallest absolute Gasteiger partial charge is 0.220 e. The van der Waals surface area contributed by atoms with Gasteiger partial charge in [0.2, 0.25) is 5.91 Å². The van der Waals surface area contributed by atoms with Gasteiger partial charge in [-0.05, 0) is 50.0 Å². The molecule has 0 radical (unpaired) electrons. The Kier molecular flexibility index (Phi) is 7.33. The molecule has 106 valence electrons. The van der Waals surface area contributed by atoms with Crippen LogP contribution in [0.5, 0.6) is 0 Å². The second-order valence-corrected chi connectivity index (χ2v) is 6.07. The Morgan fingerprint density at radius 3 is 2.50 bits per heavy atom. The molecule has 0 aromatic carbocycles. The molecule has 1 fully saturated rings. The van der Waals surface area contributed by atoms with Gasteiger partial charge in [-0.3, -0.25) is 4.79 Å². The average molecular weight is 254 g/mol. The summed E-state index contributed by atoms with van der Waals surface area (Å²) in [5, 5.41) is 3.09. The van der Waals surface area contributed by atoms with Crippen LogP contribution in [0.1, 0.15) is 58.8 Å². The third-order valence-corrected chi connectivity index (χ3v) is 4.29. The van der Waals surface area contributed by atoms with Gasteiger partial charge in [-0.15, -0.1) is 0 Å². The highest BCUT2D eigenvalue weighted by Gasteiger charge is 2.17. The largest absolute Gasteiger partial charge is 0.356 e. The van der Waals surface area contributed by atoms with Gasteiger partial charge < -0.3 is 11.1 Å². The number of rotatable bonds is 8. The van der Waals surface area contributed by atoms with Gasteiger partial charge in [-0.2, -0.15) is 0 Å². The molecule has 1 saturated carbocycles. The Morgan fingerprint density at radius 2 is 1.94 bits per heavy atom. The standard InChI is InChI=1S/C15H30N2O/c1-12(2)14(9-10-16)7-8-15(18)17-11-13-5-3-4-6-13/h12-14H,3-11,16H2,1-2H3,(H,17,18). The van der Waals surface area contributed by atoms with E-state index in [1.165, 1.54) is 25.7 Å². The summed E-state index contributed by atoms with van der Waals surface area (Å²) in [6, 6.07) is 0. The molecule has 1 amide bonds. The molecule has 0 aliphatic heterocycles. The third kappa shape index (κ3) is 5.85. The molecular weight excluding hydrogens is 224 g/mol. The summed E-state index contributed by atoms with van der Waals surface area (Å²) < 4.78 is 0. The van der Waals surface area contributed by atoms with Gasteiger partial charge in [0.25, 0.3) is 0 Å². The monoisotopic (exact) mass is 254 g/mol. The first-order valence-corrected chi connectivity index (χ1v) is 7.60. The fourth-order valence-corrected chi connectivity index (χ4v) is 2.90. The maximum Gasteiger partial charge on any atom is 0.220 e. The van der Waals surface area contributed by atoms with E-state index in [1.807, 2.05) is 0 Å². The summed E-state index contributed by atoms with van der Waals surface area (Å²) in [5.74, 6) is 2.17. The zero-order valence-electron chi connectivity index (χ0n) is 12.1. The number of carbonyl (C=O) groups is 1. The number of hydrogen-bond donors (Lipinski definition) is 2. The lowest BCUT2D eigenvalue weighted by Crippen LogP contribution is -2.29. The summed E-state index contributed by atoms with van der Waals surface area (Å²) >= 11 is 0. The Labute approximate surface area is 112 Å². The zero-order valence-corrected chi connectivity index (χ0v) is 12.1. The average Bonchev–Trinajstić information content (AvgIpc) is 2.84. The Bertz CT molecular complexity index is 235. The van der Waals surface area contributed by atoms with Crippen molar-refractivity contribution in [3.05, 3.63) is 0 Å². The van der Waals surface area contributed by atoms with Crippen LogP contribution in [0, 0.1) is 17.8 Å². The first kappa shape index (κ1) is 15.5. The van der Waals surface area contributed by atoms with E-state index in [9.17, 15) is 4.79 Å². The van der Waals surface area contributed by atoms with Crippen LogP contribution in [0.15, 0.2) is 0 Å². The molecular formula is C15H30N2O. The fourth-order valence-electron chi connectivity index (χ4n) is 2.90. The summed E-state index contributed by atoms with van der Waals surface area (Å²) in [4.78, 5) is 11.8. The van der Waals surface area contributed by atoms with Gasteiger partial charge in [-0.1, -0.05) is 26.7 Å². The van der Waals surface area contributed by atoms with Gasteiger partial charge in [0, 0.05) is 13.0 Å². The fraction of sp³-hybridized carbons (Fsp3) is 0.933. The first-order chi connectivity index (χ1) is 8.63. The maximum atomic E-state index is 11.8. The van der Waals surface area contributed by atoms with Crippen molar-refractivity contribution in [3.8, 4) is 0 Å². The Hall–Kier alpha value is -0.570. The summed E-state index contributed by atoms with van der Waals surface area (Å²) in [7, 11) is 0. The summed E-state index contributed by atoms with van der Waals surface area (Å²) in [6.07, 6.45) is 7.94. The minimum atomic E-state index is 0.226. The topological polar surface area (TPSA) is 55.1 Å². The van der Waals surface area contributed by atoms with Crippen LogP contribution >= 0.6 is 0 Å². The zero-order chi connectivity index (χ0) is 13.4. The molecule has 3 nitrogen and oxygen atoms in total. The molecule has 0 heterocycles. The van der Waals surface area contributed by atoms with Gasteiger partial charge >= 0.3 is 0 Å². The predicted octanol–water partition coefficient (Wildman–Crippen LogP) is 2.69. The van der Waals surface area contributed by atoms with Crippen LogP contribution in [-0.2, 0) is 4.79 Å². The number of nitrogens with one attached hydrogen (secondary N) is 1. The number of nitrogens with two attached hydrogens (primary N) is 1. The molecule has 0 saturated heterocycles. The van der Waals surface area contributed by atoms with Crippen LogP contribution in [0.4, 0.5) is 0 Å². The lowest BCUT2D eigenvalue weighted by atomic mass is 9.88. The van der Waals surface area contributed by atoms with Crippen LogP contribution < -0.4 is 11.1 Å². The van der Waals surface area contributed by atoms with Gasteiger partial charge in [0.15, 0.2) is 0 Å². The molecule has 0 aromatic heterocycles. The van der Waals surface area contributed by atoms with Crippen molar-refractivity contribution in [1.29, 1.82) is 0 Å². The highest BCUT2D eigenvalue weighted by atomic mass is 16.1. The molecule has 3 heteroatoms. The lowest BCUT2D eigenvalue weighted by molar-refractivity contribution is -0.121. The van der Waals surface area contributed by atoms with Crippen LogP contribution in [0.2, 0.25) is 0 Å². The molecule has 18 heavy (non-hydrogen) atoms. The molecule has 1 unspecified atom stereocenters. The molecule has 1 aliphatic carbocycles. The van der Waals surface area contributed by atoms with Crippen molar-refractivity contribution in [2.45, 2.75) is 58.8 Å². The maximum absolute atomic E-state index is 11.8. The first-order valence-electron chi connectivity index (χ1n) is 7.60. The summed E-state index contributed by atoms with van der Waals surface area (Å²) in [5.41, 5.74) is 5.61. The van der Waals surface area contributed by atoms with E-state index in [0.29, 0.717) is 18.3 Å².